The van der Waals surface area contributed by atoms with E-state index in [1.807, 2.05) is 0 Å². The first-order chi connectivity index (χ1) is 6.66. The monoisotopic (exact) mass is 202 g/mol. The molecule has 0 heterocycles. The molecule has 0 fully saturated rings. The molecule has 14 heavy (non-hydrogen) atoms. The second-order valence-corrected chi connectivity index (χ2v) is 3.56. The van der Waals surface area contributed by atoms with Gasteiger partial charge in [-0.05, 0) is 6.42 Å². The van der Waals surface area contributed by atoms with Crippen molar-refractivity contribution in [2.75, 3.05) is 26.8 Å². The molecule has 4 heteroatoms. The molecule has 0 bridgehead atoms. The number of ether oxygens (including phenoxy) is 1. The number of amides is 1. The highest BCUT2D eigenvalue weighted by atomic mass is 16.5. The van der Waals surface area contributed by atoms with Gasteiger partial charge in [0.25, 0.3) is 0 Å². The quantitative estimate of drug-likeness (QED) is 0.564. The second kappa shape index (κ2) is 8.97. The van der Waals surface area contributed by atoms with Gasteiger partial charge in [0.1, 0.15) is 0 Å². The number of carbonyl (C=O) groups excluding carboxylic acids is 1. The summed E-state index contributed by atoms with van der Waals surface area (Å²) in [5, 5.41) is 6.02. The normalized spacial score (nSPS) is 10.6. The topological polar surface area (TPSA) is 50.4 Å². The average Bonchev–Trinajstić information content (AvgIpc) is 2.12. The predicted molar refractivity (Wildman–Crippen MR) is 57.3 cm³/mol. The summed E-state index contributed by atoms with van der Waals surface area (Å²) in [6, 6.07) is 0.441. The van der Waals surface area contributed by atoms with Crippen LogP contribution in [0.15, 0.2) is 0 Å². The lowest BCUT2D eigenvalue weighted by Gasteiger charge is -2.08. The van der Waals surface area contributed by atoms with Gasteiger partial charge in [0, 0.05) is 39.3 Å². The molecule has 0 aromatic heterocycles. The summed E-state index contributed by atoms with van der Waals surface area (Å²) in [6.07, 6.45) is 1.42. The third-order valence-corrected chi connectivity index (χ3v) is 1.75. The predicted octanol–water partition coefficient (Wildman–Crippen LogP) is 0.527. The Balaban J connectivity index is 3.20. The van der Waals surface area contributed by atoms with Crippen molar-refractivity contribution in [2.24, 2.45) is 0 Å². The fourth-order valence-corrected chi connectivity index (χ4v) is 1.01. The molecule has 0 aromatic rings. The van der Waals surface area contributed by atoms with Crippen molar-refractivity contribution in [3.05, 3.63) is 0 Å². The van der Waals surface area contributed by atoms with E-state index in [0.29, 0.717) is 25.6 Å². The van der Waals surface area contributed by atoms with E-state index in [1.165, 1.54) is 0 Å². The third-order valence-electron chi connectivity index (χ3n) is 1.75. The fraction of sp³-hybridized carbons (Fsp3) is 0.900. The Morgan fingerprint density at radius 3 is 2.64 bits per heavy atom. The summed E-state index contributed by atoms with van der Waals surface area (Å²) in [6.45, 7) is 6.28. The Kier molecular flexibility index (Phi) is 8.57. The molecule has 0 atom stereocenters. The summed E-state index contributed by atoms with van der Waals surface area (Å²) in [4.78, 5) is 11.2. The van der Waals surface area contributed by atoms with Crippen molar-refractivity contribution in [3.8, 4) is 0 Å². The maximum absolute atomic E-state index is 11.2. The van der Waals surface area contributed by atoms with E-state index in [2.05, 4.69) is 24.5 Å². The van der Waals surface area contributed by atoms with Gasteiger partial charge in [-0.3, -0.25) is 4.79 Å². The van der Waals surface area contributed by atoms with Gasteiger partial charge in [0.15, 0.2) is 0 Å². The summed E-state index contributed by atoms with van der Waals surface area (Å²) in [5.41, 5.74) is 0. The Morgan fingerprint density at radius 1 is 1.36 bits per heavy atom. The van der Waals surface area contributed by atoms with Crippen LogP contribution in [0.25, 0.3) is 0 Å². The van der Waals surface area contributed by atoms with Crippen LogP contribution in [0, 0.1) is 0 Å². The highest BCUT2D eigenvalue weighted by Crippen LogP contribution is 1.83. The summed E-state index contributed by atoms with van der Waals surface area (Å²) >= 11 is 0. The number of hydrogen-bond donors (Lipinski definition) is 2. The first-order valence-corrected chi connectivity index (χ1v) is 5.16. The number of rotatable bonds is 8. The Morgan fingerprint density at radius 2 is 2.07 bits per heavy atom. The van der Waals surface area contributed by atoms with Gasteiger partial charge in [0.05, 0.1) is 0 Å². The molecule has 0 rings (SSSR count). The van der Waals surface area contributed by atoms with Gasteiger partial charge < -0.3 is 15.4 Å². The molecule has 0 aliphatic carbocycles. The molecule has 0 spiro atoms. The molecule has 0 saturated heterocycles. The third kappa shape index (κ3) is 9.48. The van der Waals surface area contributed by atoms with Crippen LogP contribution in [0.1, 0.15) is 26.7 Å². The second-order valence-electron chi connectivity index (χ2n) is 3.56. The van der Waals surface area contributed by atoms with Crippen molar-refractivity contribution >= 4 is 5.91 Å². The van der Waals surface area contributed by atoms with Gasteiger partial charge in [-0.1, -0.05) is 13.8 Å². The van der Waals surface area contributed by atoms with Crippen LogP contribution in [0.2, 0.25) is 0 Å². The van der Waals surface area contributed by atoms with E-state index in [9.17, 15) is 4.79 Å². The van der Waals surface area contributed by atoms with E-state index in [4.69, 9.17) is 4.74 Å². The SMILES string of the molecule is COCCCNC(=O)CCNC(C)C. The van der Waals surface area contributed by atoms with Crippen molar-refractivity contribution in [3.63, 3.8) is 0 Å². The van der Waals surface area contributed by atoms with Crippen LogP contribution in [0.4, 0.5) is 0 Å². The van der Waals surface area contributed by atoms with Gasteiger partial charge in [-0.2, -0.15) is 0 Å². The first-order valence-electron chi connectivity index (χ1n) is 5.16. The summed E-state index contributed by atoms with van der Waals surface area (Å²) in [5.74, 6) is 0.106. The van der Waals surface area contributed by atoms with E-state index >= 15 is 0 Å². The molecular formula is C10H22N2O2. The van der Waals surface area contributed by atoms with E-state index in [0.717, 1.165) is 13.0 Å². The lowest BCUT2D eigenvalue weighted by Crippen LogP contribution is -2.31. The van der Waals surface area contributed by atoms with Gasteiger partial charge in [-0.15, -0.1) is 0 Å². The van der Waals surface area contributed by atoms with Crippen molar-refractivity contribution in [1.82, 2.24) is 10.6 Å². The molecule has 0 aliphatic rings. The van der Waals surface area contributed by atoms with Crippen LogP contribution >= 0.6 is 0 Å². The van der Waals surface area contributed by atoms with E-state index in [-0.39, 0.29) is 5.91 Å². The van der Waals surface area contributed by atoms with Gasteiger partial charge in [-0.25, -0.2) is 0 Å². The largest absolute Gasteiger partial charge is 0.385 e. The standard InChI is InChI=1S/C10H22N2O2/c1-9(2)11-7-5-10(13)12-6-4-8-14-3/h9,11H,4-8H2,1-3H3,(H,12,13). The molecule has 0 unspecified atom stereocenters. The summed E-state index contributed by atoms with van der Waals surface area (Å²) < 4.78 is 4.87. The molecule has 0 radical (unpaired) electrons. The zero-order valence-electron chi connectivity index (χ0n) is 9.43. The zero-order chi connectivity index (χ0) is 10.8. The minimum absolute atomic E-state index is 0.106. The fourth-order valence-electron chi connectivity index (χ4n) is 1.01. The molecule has 4 nitrogen and oxygen atoms in total. The smallest absolute Gasteiger partial charge is 0.221 e. The number of nitrogens with one attached hydrogen (secondary N) is 2. The van der Waals surface area contributed by atoms with Crippen LogP contribution in [-0.2, 0) is 9.53 Å². The van der Waals surface area contributed by atoms with Crippen molar-refractivity contribution < 1.29 is 9.53 Å². The number of hydrogen-bond acceptors (Lipinski definition) is 3. The van der Waals surface area contributed by atoms with E-state index < -0.39 is 0 Å². The van der Waals surface area contributed by atoms with E-state index in [1.54, 1.807) is 7.11 Å². The molecule has 0 aromatic carbocycles. The van der Waals surface area contributed by atoms with Crippen molar-refractivity contribution in [2.45, 2.75) is 32.7 Å². The van der Waals surface area contributed by atoms with Gasteiger partial charge in [0.2, 0.25) is 5.91 Å². The molecule has 0 aliphatic heterocycles. The van der Waals surface area contributed by atoms with Crippen molar-refractivity contribution in [1.29, 1.82) is 0 Å². The lowest BCUT2D eigenvalue weighted by molar-refractivity contribution is -0.121. The first kappa shape index (κ1) is 13.4. The Hall–Kier alpha value is -0.610. The number of methoxy groups -OCH3 is 1. The molecule has 2 N–H and O–H groups in total. The maximum atomic E-state index is 11.2. The van der Waals surface area contributed by atoms with Crippen LogP contribution in [0.5, 0.6) is 0 Å². The Bertz CT molecular complexity index is 149. The van der Waals surface area contributed by atoms with Crippen LogP contribution < -0.4 is 10.6 Å². The maximum Gasteiger partial charge on any atom is 0.221 e. The number of carbonyl (C=O) groups is 1. The lowest BCUT2D eigenvalue weighted by atomic mass is 10.3. The Labute approximate surface area is 86.4 Å². The summed E-state index contributed by atoms with van der Waals surface area (Å²) in [7, 11) is 1.66. The van der Waals surface area contributed by atoms with Crippen LogP contribution in [-0.4, -0.2) is 38.8 Å². The highest BCUT2D eigenvalue weighted by Gasteiger charge is 2.00. The molecule has 84 valence electrons. The molecular weight excluding hydrogens is 180 g/mol. The molecule has 1 amide bonds. The minimum Gasteiger partial charge on any atom is -0.385 e. The van der Waals surface area contributed by atoms with Gasteiger partial charge >= 0.3 is 0 Å². The minimum atomic E-state index is 0.106. The van der Waals surface area contributed by atoms with Crippen LogP contribution in [0.3, 0.4) is 0 Å². The zero-order valence-corrected chi connectivity index (χ0v) is 9.43. The average molecular weight is 202 g/mol. The molecule has 0 saturated carbocycles. The highest BCUT2D eigenvalue weighted by molar-refractivity contribution is 5.75.